The van der Waals surface area contributed by atoms with Crippen molar-refractivity contribution in [2.24, 2.45) is 17.1 Å². The Hall–Kier alpha value is -1.00. The van der Waals surface area contributed by atoms with Crippen molar-refractivity contribution in [3.05, 3.63) is 35.4 Å². The smallest absolute Gasteiger partial charge is 0.126 e. The summed E-state index contributed by atoms with van der Waals surface area (Å²) in [5.41, 5.74) is 4.41. The van der Waals surface area contributed by atoms with Gasteiger partial charge in [0.1, 0.15) is 11.6 Å². The lowest BCUT2D eigenvalue weighted by atomic mass is 9.59. The van der Waals surface area contributed by atoms with E-state index < -0.39 is 22.7 Å². The molecule has 0 spiro atoms. The Morgan fingerprint density at radius 2 is 1.76 bits per heavy atom. The third-order valence-corrected chi connectivity index (χ3v) is 5.49. The molecule has 1 aliphatic carbocycles. The SMILES string of the molecule is CCC1CCC(CN)(C(C)(O)c2cc(F)cc(F)c2)CC1. The van der Waals surface area contributed by atoms with E-state index in [0.29, 0.717) is 12.5 Å². The minimum absolute atomic E-state index is 0.278. The number of benzene rings is 1. The number of halogens is 2. The molecule has 0 aliphatic heterocycles. The molecule has 0 bridgehead atoms. The van der Waals surface area contributed by atoms with Crippen molar-refractivity contribution in [3.8, 4) is 0 Å². The first-order valence-corrected chi connectivity index (χ1v) is 7.73. The topological polar surface area (TPSA) is 46.2 Å². The van der Waals surface area contributed by atoms with Crippen LogP contribution in [0.5, 0.6) is 0 Å². The highest BCUT2D eigenvalue weighted by molar-refractivity contribution is 5.27. The van der Waals surface area contributed by atoms with Crippen LogP contribution in [-0.2, 0) is 5.60 Å². The molecule has 1 unspecified atom stereocenters. The van der Waals surface area contributed by atoms with Gasteiger partial charge < -0.3 is 10.8 Å². The van der Waals surface area contributed by atoms with Crippen LogP contribution in [0.4, 0.5) is 8.78 Å². The van der Waals surface area contributed by atoms with E-state index in [4.69, 9.17) is 5.73 Å². The second-order valence-electron chi connectivity index (χ2n) is 6.57. The Kier molecular flexibility index (Phi) is 4.69. The molecule has 2 nitrogen and oxygen atoms in total. The van der Waals surface area contributed by atoms with E-state index in [0.717, 1.165) is 38.2 Å². The first kappa shape index (κ1) is 16.4. The highest BCUT2D eigenvalue weighted by atomic mass is 19.1. The number of rotatable bonds is 4. The van der Waals surface area contributed by atoms with Crippen molar-refractivity contribution in [1.82, 2.24) is 0 Å². The van der Waals surface area contributed by atoms with Gasteiger partial charge in [0.25, 0.3) is 0 Å². The van der Waals surface area contributed by atoms with Gasteiger partial charge in [0.2, 0.25) is 0 Å². The molecule has 1 aromatic carbocycles. The van der Waals surface area contributed by atoms with Crippen molar-refractivity contribution in [1.29, 1.82) is 0 Å². The maximum absolute atomic E-state index is 13.5. The van der Waals surface area contributed by atoms with Gasteiger partial charge in [-0.15, -0.1) is 0 Å². The number of nitrogens with two attached hydrogens (primary N) is 1. The summed E-state index contributed by atoms with van der Waals surface area (Å²) < 4.78 is 27.0. The minimum Gasteiger partial charge on any atom is -0.385 e. The summed E-state index contributed by atoms with van der Waals surface area (Å²) in [6.07, 6.45) is 4.70. The zero-order valence-electron chi connectivity index (χ0n) is 12.8. The van der Waals surface area contributed by atoms with Crippen LogP contribution < -0.4 is 5.73 Å². The zero-order chi connectivity index (χ0) is 15.7. The van der Waals surface area contributed by atoms with Crippen molar-refractivity contribution in [3.63, 3.8) is 0 Å². The summed E-state index contributed by atoms with van der Waals surface area (Å²) in [5, 5.41) is 11.1. The quantitative estimate of drug-likeness (QED) is 0.889. The molecule has 21 heavy (non-hydrogen) atoms. The largest absolute Gasteiger partial charge is 0.385 e. The Labute approximate surface area is 125 Å². The maximum Gasteiger partial charge on any atom is 0.126 e. The van der Waals surface area contributed by atoms with Crippen LogP contribution in [0, 0.1) is 23.0 Å². The molecular formula is C17H25F2NO. The minimum atomic E-state index is -1.33. The van der Waals surface area contributed by atoms with Crippen molar-refractivity contribution in [2.75, 3.05) is 6.54 Å². The molecule has 118 valence electrons. The monoisotopic (exact) mass is 297 g/mol. The van der Waals surface area contributed by atoms with Crippen LogP contribution in [0.2, 0.25) is 0 Å². The van der Waals surface area contributed by atoms with E-state index in [-0.39, 0.29) is 5.56 Å². The van der Waals surface area contributed by atoms with E-state index in [1.807, 2.05) is 0 Å². The van der Waals surface area contributed by atoms with Gasteiger partial charge in [-0.3, -0.25) is 0 Å². The zero-order valence-corrected chi connectivity index (χ0v) is 12.8. The molecule has 3 N–H and O–H groups in total. The third-order valence-electron chi connectivity index (χ3n) is 5.49. The van der Waals surface area contributed by atoms with Crippen LogP contribution in [-0.4, -0.2) is 11.7 Å². The molecule has 1 fully saturated rings. The van der Waals surface area contributed by atoms with E-state index >= 15 is 0 Å². The molecule has 0 aromatic heterocycles. The number of hydrogen-bond acceptors (Lipinski definition) is 2. The van der Waals surface area contributed by atoms with Crippen LogP contribution in [0.25, 0.3) is 0 Å². The molecule has 0 radical (unpaired) electrons. The number of hydrogen-bond donors (Lipinski definition) is 2. The van der Waals surface area contributed by atoms with Crippen LogP contribution in [0.3, 0.4) is 0 Å². The molecule has 0 amide bonds. The van der Waals surface area contributed by atoms with Crippen LogP contribution in [0.15, 0.2) is 18.2 Å². The fourth-order valence-electron chi connectivity index (χ4n) is 3.67. The van der Waals surface area contributed by atoms with Crippen molar-refractivity contribution in [2.45, 2.75) is 51.6 Å². The molecule has 1 atom stereocenters. The predicted molar refractivity (Wildman–Crippen MR) is 79.7 cm³/mol. The predicted octanol–water partition coefficient (Wildman–Crippen LogP) is 3.72. The summed E-state index contributed by atoms with van der Waals surface area (Å²) in [4.78, 5) is 0. The second kappa shape index (κ2) is 6.01. The Bertz CT molecular complexity index is 473. The maximum atomic E-state index is 13.5. The molecule has 1 aliphatic rings. The van der Waals surface area contributed by atoms with Gasteiger partial charge in [-0.05, 0) is 56.2 Å². The van der Waals surface area contributed by atoms with Gasteiger partial charge in [0, 0.05) is 18.0 Å². The van der Waals surface area contributed by atoms with Gasteiger partial charge in [0.05, 0.1) is 5.60 Å². The Morgan fingerprint density at radius 1 is 1.24 bits per heavy atom. The van der Waals surface area contributed by atoms with Gasteiger partial charge in [-0.25, -0.2) is 8.78 Å². The first-order chi connectivity index (χ1) is 9.84. The second-order valence-corrected chi connectivity index (χ2v) is 6.57. The van der Waals surface area contributed by atoms with E-state index in [9.17, 15) is 13.9 Å². The van der Waals surface area contributed by atoms with E-state index in [2.05, 4.69) is 6.92 Å². The Balaban J connectivity index is 2.35. The summed E-state index contributed by atoms with van der Waals surface area (Å²) in [7, 11) is 0. The lowest BCUT2D eigenvalue weighted by Gasteiger charge is -2.49. The lowest BCUT2D eigenvalue weighted by molar-refractivity contribution is -0.0984. The molecule has 4 heteroatoms. The molecular weight excluding hydrogens is 272 g/mol. The third kappa shape index (κ3) is 2.97. The summed E-state index contributed by atoms with van der Waals surface area (Å²) in [6.45, 7) is 4.12. The van der Waals surface area contributed by atoms with Crippen molar-refractivity contribution < 1.29 is 13.9 Å². The molecule has 1 aromatic rings. The van der Waals surface area contributed by atoms with Crippen molar-refractivity contribution >= 4 is 0 Å². The molecule has 2 rings (SSSR count). The van der Waals surface area contributed by atoms with Gasteiger partial charge in [-0.1, -0.05) is 13.3 Å². The van der Waals surface area contributed by atoms with Gasteiger partial charge >= 0.3 is 0 Å². The fraction of sp³-hybridized carbons (Fsp3) is 0.647. The van der Waals surface area contributed by atoms with E-state index in [1.165, 1.54) is 12.1 Å². The summed E-state index contributed by atoms with van der Waals surface area (Å²) in [5.74, 6) is -0.677. The molecule has 1 saturated carbocycles. The lowest BCUT2D eigenvalue weighted by Crippen LogP contribution is -2.50. The normalized spacial score (nSPS) is 29.1. The van der Waals surface area contributed by atoms with E-state index in [1.54, 1.807) is 6.92 Å². The Morgan fingerprint density at radius 3 is 2.19 bits per heavy atom. The highest BCUT2D eigenvalue weighted by Gasteiger charge is 2.49. The summed E-state index contributed by atoms with van der Waals surface area (Å²) in [6, 6.07) is 3.25. The molecule has 0 saturated heterocycles. The average Bonchev–Trinajstić information content (AvgIpc) is 2.46. The standard InChI is InChI=1S/C17H25F2NO/c1-3-12-4-6-17(11-20,7-5-12)16(2,21)13-8-14(18)10-15(19)9-13/h8-10,12,21H,3-7,11,20H2,1-2H3. The number of aliphatic hydroxyl groups is 1. The first-order valence-electron chi connectivity index (χ1n) is 7.73. The van der Waals surface area contributed by atoms with Crippen LogP contribution in [0.1, 0.15) is 51.5 Å². The fourth-order valence-corrected chi connectivity index (χ4v) is 3.67. The highest BCUT2D eigenvalue weighted by Crippen LogP contribution is 2.51. The summed E-state index contributed by atoms with van der Waals surface area (Å²) >= 11 is 0. The average molecular weight is 297 g/mol. The van der Waals surface area contributed by atoms with Crippen LogP contribution >= 0.6 is 0 Å². The van der Waals surface area contributed by atoms with Gasteiger partial charge in [-0.2, -0.15) is 0 Å². The molecule has 0 heterocycles. The van der Waals surface area contributed by atoms with Gasteiger partial charge in [0.15, 0.2) is 0 Å².